The van der Waals surface area contributed by atoms with E-state index in [0.29, 0.717) is 18.7 Å². The number of carbonyl (C=O) groups is 3. The number of carbonyl (C=O) groups excluding carboxylic acids is 3. The van der Waals surface area contributed by atoms with Gasteiger partial charge < -0.3 is 10.3 Å². The number of H-pyrrole nitrogens is 1. The Hall–Kier alpha value is -5.17. The van der Waals surface area contributed by atoms with E-state index in [1.165, 1.54) is 4.90 Å². The number of imide groups is 1. The molecule has 7 heteroatoms. The summed E-state index contributed by atoms with van der Waals surface area (Å²) in [7, 11) is 0. The molecule has 7 nitrogen and oxygen atoms in total. The number of urea groups is 1. The molecule has 0 spiro atoms. The number of fused-ring (bicyclic) bond motifs is 4. The number of benzene rings is 4. The third kappa shape index (κ3) is 4.00. The van der Waals surface area contributed by atoms with Gasteiger partial charge in [0.2, 0.25) is 0 Å². The molecule has 2 atom stereocenters. The molecule has 2 aliphatic heterocycles. The monoisotopic (exact) mass is 540 g/mol. The third-order valence-corrected chi connectivity index (χ3v) is 8.22. The second-order valence-corrected chi connectivity index (χ2v) is 10.6. The van der Waals surface area contributed by atoms with Gasteiger partial charge in [-0.1, -0.05) is 84.9 Å². The van der Waals surface area contributed by atoms with Gasteiger partial charge in [0.25, 0.3) is 11.8 Å². The van der Waals surface area contributed by atoms with E-state index >= 15 is 0 Å². The van der Waals surface area contributed by atoms with E-state index in [9.17, 15) is 14.4 Å². The van der Waals surface area contributed by atoms with Gasteiger partial charge in [0.15, 0.2) is 0 Å². The van der Waals surface area contributed by atoms with Crippen molar-refractivity contribution in [3.05, 3.63) is 137 Å². The lowest BCUT2D eigenvalue weighted by Crippen LogP contribution is -2.44. The van der Waals surface area contributed by atoms with Crippen molar-refractivity contribution in [2.75, 3.05) is 4.90 Å². The number of aromatic nitrogens is 1. The van der Waals surface area contributed by atoms with Gasteiger partial charge in [0, 0.05) is 29.6 Å². The molecule has 0 radical (unpaired) electrons. The first kappa shape index (κ1) is 24.8. The van der Waals surface area contributed by atoms with Crippen LogP contribution in [0.2, 0.25) is 0 Å². The Balaban J connectivity index is 1.30. The number of anilines is 1. The van der Waals surface area contributed by atoms with Gasteiger partial charge in [-0.25, -0.2) is 9.69 Å². The van der Waals surface area contributed by atoms with Crippen molar-refractivity contribution in [3.8, 4) is 0 Å². The van der Waals surface area contributed by atoms with E-state index in [1.54, 1.807) is 29.2 Å². The number of aromatic amines is 1. The summed E-state index contributed by atoms with van der Waals surface area (Å²) in [5, 5.41) is 3.99. The molecule has 0 bridgehead atoms. The van der Waals surface area contributed by atoms with Crippen LogP contribution in [0.3, 0.4) is 0 Å². The Bertz CT molecular complexity index is 1830. The minimum absolute atomic E-state index is 0.279. The number of nitrogens with zero attached hydrogens (tertiary/aromatic N) is 2. The summed E-state index contributed by atoms with van der Waals surface area (Å²) in [4.78, 5) is 48.3. The van der Waals surface area contributed by atoms with Crippen molar-refractivity contribution in [2.45, 2.75) is 32.0 Å². The molecular weight excluding hydrogens is 512 g/mol. The molecule has 2 N–H and O–H groups in total. The van der Waals surface area contributed by atoms with Crippen molar-refractivity contribution in [3.63, 3.8) is 0 Å². The Morgan fingerprint density at radius 3 is 2.41 bits per heavy atom. The fourth-order valence-electron chi connectivity index (χ4n) is 6.25. The topological polar surface area (TPSA) is 85.5 Å². The fraction of sp³-hybridized carbons (Fsp3) is 0.147. The van der Waals surface area contributed by atoms with Gasteiger partial charge >= 0.3 is 6.03 Å². The maximum absolute atomic E-state index is 14.3. The van der Waals surface area contributed by atoms with Crippen molar-refractivity contribution >= 4 is 34.4 Å². The Morgan fingerprint density at radius 2 is 1.59 bits per heavy atom. The summed E-state index contributed by atoms with van der Waals surface area (Å²) in [5.41, 5.74) is 6.47. The summed E-state index contributed by atoms with van der Waals surface area (Å²) in [5.74, 6) is -0.672. The van der Waals surface area contributed by atoms with Crippen LogP contribution in [0.1, 0.15) is 44.3 Å². The molecule has 1 aromatic heterocycles. The molecule has 3 heterocycles. The van der Waals surface area contributed by atoms with Gasteiger partial charge in [-0.2, -0.15) is 0 Å². The summed E-state index contributed by atoms with van der Waals surface area (Å²) in [6, 6.07) is 30.8. The van der Waals surface area contributed by atoms with Gasteiger partial charge in [0.05, 0.1) is 11.3 Å². The molecular formula is C34H28N4O3. The lowest BCUT2D eigenvalue weighted by Gasteiger charge is -2.36. The number of hydrogen-bond donors (Lipinski definition) is 2. The van der Waals surface area contributed by atoms with Crippen LogP contribution in [0.15, 0.2) is 103 Å². The maximum Gasteiger partial charge on any atom is 0.332 e. The lowest BCUT2D eigenvalue weighted by atomic mass is 9.87. The van der Waals surface area contributed by atoms with Crippen molar-refractivity contribution in [1.82, 2.24) is 15.2 Å². The number of para-hydroxylation sites is 2. The Kier molecular flexibility index (Phi) is 5.93. The molecule has 1 saturated heterocycles. The Morgan fingerprint density at radius 1 is 0.878 bits per heavy atom. The molecule has 5 aromatic rings. The number of hydrogen-bond acceptors (Lipinski definition) is 3. The molecule has 4 aromatic carbocycles. The predicted molar refractivity (Wildman–Crippen MR) is 158 cm³/mol. The maximum atomic E-state index is 14.3. The van der Waals surface area contributed by atoms with Gasteiger partial charge in [0.1, 0.15) is 12.1 Å². The van der Waals surface area contributed by atoms with E-state index in [1.807, 2.05) is 79.7 Å². The quantitative estimate of drug-likeness (QED) is 0.273. The Labute approximate surface area is 237 Å². The molecule has 2 unspecified atom stereocenters. The highest BCUT2D eigenvalue weighted by molar-refractivity contribution is 6.24. The lowest BCUT2D eigenvalue weighted by molar-refractivity contribution is -0.120. The van der Waals surface area contributed by atoms with Crippen LogP contribution in [0.4, 0.5) is 10.5 Å². The zero-order valence-corrected chi connectivity index (χ0v) is 22.5. The largest absolute Gasteiger partial charge is 0.356 e. The molecule has 202 valence electrons. The van der Waals surface area contributed by atoms with Crippen LogP contribution >= 0.6 is 0 Å². The molecule has 1 fully saturated rings. The van der Waals surface area contributed by atoms with Gasteiger partial charge in [-0.3, -0.25) is 14.5 Å². The first-order valence-corrected chi connectivity index (χ1v) is 13.8. The minimum atomic E-state index is -0.695. The van der Waals surface area contributed by atoms with Gasteiger partial charge in [-0.05, 0) is 47.4 Å². The second-order valence-electron chi connectivity index (χ2n) is 10.6. The van der Waals surface area contributed by atoms with Crippen LogP contribution in [0.5, 0.6) is 0 Å². The standard InChI is InChI=1S/C34H28N4O3/c1-21-11-5-6-14-23(21)31-30-26(24-15-7-9-17-27(24)36-30)19-29-33(40)38(34(41)37(29)31)28-18-10-8-16-25(28)32(39)35-20-22-12-3-2-4-13-22/h2-18,29,31,36H,19-20H2,1H3,(H,35,39). The molecule has 2 aliphatic rings. The third-order valence-electron chi connectivity index (χ3n) is 8.22. The second kappa shape index (κ2) is 9.78. The van der Waals surface area contributed by atoms with E-state index < -0.39 is 18.1 Å². The highest BCUT2D eigenvalue weighted by Crippen LogP contribution is 2.45. The average Bonchev–Trinajstić information content (AvgIpc) is 3.50. The number of amides is 4. The van der Waals surface area contributed by atoms with Crippen molar-refractivity contribution in [1.29, 1.82) is 0 Å². The normalized spacial score (nSPS) is 18.0. The minimum Gasteiger partial charge on any atom is -0.356 e. The number of rotatable bonds is 5. The highest BCUT2D eigenvalue weighted by Gasteiger charge is 2.53. The van der Waals surface area contributed by atoms with E-state index in [2.05, 4.69) is 16.4 Å². The summed E-state index contributed by atoms with van der Waals surface area (Å²) < 4.78 is 0. The van der Waals surface area contributed by atoms with Crippen LogP contribution in [-0.4, -0.2) is 33.8 Å². The first-order valence-electron chi connectivity index (χ1n) is 13.8. The highest BCUT2D eigenvalue weighted by atomic mass is 16.2. The zero-order valence-electron chi connectivity index (χ0n) is 22.5. The van der Waals surface area contributed by atoms with Crippen LogP contribution < -0.4 is 10.2 Å². The van der Waals surface area contributed by atoms with Crippen molar-refractivity contribution in [2.24, 2.45) is 0 Å². The molecule has 0 saturated carbocycles. The van der Waals surface area contributed by atoms with Crippen molar-refractivity contribution < 1.29 is 14.4 Å². The SMILES string of the molecule is Cc1ccccc1C1c2[nH]c3ccccc3c2CC2C(=O)N(c3ccccc3C(=O)NCc3ccccc3)C(=O)N21. The van der Waals surface area contributed by atoms with E-state index in [-0.39, 0.29) is 17.4 Å². The van der Waals surface area contributed by atoms with Gasteiger partial charge in [-0.15, -0.1) is 0 Å². The fourth-order valence-corrected chi connectivity index (χ4v) is 6.25. The molecule has 41 heavy (non-hydrogen) atoms. The van der Waals surface area contributed by atoms with Crippen LogP contribution in [-0.2, 0) is 17.8 Å². The zero-order chi connectivity index (χ0) is 28.1. The molecule has 7 rings (SSSR count). The first-order chi connectivity index (χ1) is 20.0. The smallest absolute Gasteiger partial charge is 0.332 e. The predicted octanol–water partition coefficient (Wildman–Crippen LogP) is 5.89. The molecule has 0 aliphatic carbocycles. The van der Waals surface area contributed by atoms with Crippen LogP contribution in [0.25, 0.3) is 10.9 Å². The summed E-state index contributed by atoms with van der Waals surface area (Å²) in [6.45, 7) is 2.36. The van der Waals surface area contributed by atoms with E-state index in [0.717, 1.165) is 38.9 Å². The number of aryl methyl sites for hydroxylation is 1. The van der Waals surface area contributed by atoms with E-state index in [4.69, 9.17) is 0 Å². The number of nitrogens with one attached hydrogen (secondary N) is 2. The summed E-state index contributed by atoms with van der Waals surface area (Å²) in [6.07, 6.45) is 0.394. The molecule has 4 amide bonds. The van der Waals surface area contributed by atoms with Crippen LogP contribution in [0, 0.1) is 6.92 Å². The average molecular weight is 541 g/mol. The summed E-state index contributed by atoms with van der Waals surface area (Å²) >= 11 is 0.